The van der Waals surface area contributed by atoms with Crippen LogP contribution in [0.15, 0.2) is 133 Å². The van der Waals surface area contributed by atoms with Gasteiger partial charge in [-0.25, -0.2) is 4.39 Å². The van der Waals surface area contributed by atoms with Crippen LogP contribution in [-0.4, -0.2) is 29.2 Å². The van der Waals surface area contributed by atoms with Crippen molar-refractivity contribution >= 4 is 23.6 Å². The summed E-state index contributed by atoms with van der Waals surface area (Å²) < 4.78 is 30.3. The molecule has 1 fully saturated rings. The van der Waals surface area contributed by atoms with Crippen LogP contribution in [0.2, 0.25) is 0 Å². The quantitative estimate of drug-likeness (QED) is 0.0523. The summed E-state index contributed by atoms with van der Waals surface area (Å²) in [5, 5.41) is 11.5. The molecule has 1 aliphatic rings. The summed E-state index contributed by atoms with van der Waals surface area (Å²) in [5.74, 6) is 4.88. The third kappa shape index (κ3) is 10.5. The third-order valence-electron chi connectivity index (χ3n) is 9.83. The number of terminal acetylenes is 1. The van der Waals surface area contributed by atoms with Crippen molar-refractivity contribution in [3.63, 3.8) is 0 Å². The van der Waals surface area contributed by atoms with Crippen molar-refractivity contribution in [3.05, 3.63) is 173 Å². The Morgan fingerprint density at radius 3 is 1.88 bits per heavy atom. The van der Waals surface area contributed by atoms with Crippen LogP contribution < -0.4 is 4.90 Å². The number of aliphatic hydroxyl groups excluding tert-OH is 1. The highest BCUT2D eigenvalue weighted by atomic mass is 19.1. The molecule has 57 heavy (non-hydrogen) atoms. The fraction of sp³-hybridized carbons (Fsp3) is 0.229. The molecule has 0 saturated carbocycles. The summed E-state index contributed by atoms with van der Waals surface area (Å²) in [6.45, 7) is 1.35. The molecule has 5 aromatic carbocycles. The van der Waals surface area contributed by atoms with Crippen LogP contribution in [0.4, 0.5) is 10.1 Å². The number of ether oxygens (including phenoxy) is 3. The average Bonchev–Trinajstić information content (AvgIpc) is 3.23. The van der Waals surface area contributed by atoms with Gasteiger partial charge in [-0.3, -0.25) is 14.4 Å². The second kappa shape index (κ2) is 19.3. The molecule has 6 rings (SSSR count). The van der Waals surface area contributed by atoms with Gasteiger partial charge in [-0.2, -0.15) is 0 Å². The first kappa shape index (κ1) is 40.0. The van der Waals surface area contributed by atoms with Crippen LogP contribution in [0.25, 0.3) is 0 Å². The molecule has 1 heterocycles. The molecule has 1 aliphatic heterocycles. The van der Waals surface area contributed by atoms with Crippen LogP contribution in [0.3, 0.4) is 0 Å². The predicted molar refractivity (Wildman–Crippen MR) is 213 cm³/mol. The van der Waals surface area contributed by atoms with E-state index >= 15 is 0 Å². The Morgan fingerprint density at radius 2 is 1.33 bits per heavy atom. The number of carbonyl (C=O) groups is 3. The summed E-state index contributed by atoms with van der Waals surface area (Å²) in [7, 11) is 0. The summed E-state index contributed by atoms with van der Waals surface area (Å²) in [6.07, 6.45) is 4.90. The Morgan fingerprint density at radius 1 is 0.772 bits per heavy atom. The van der Waals surface area contributed by atoms with E-state index < -0.39 is 42.0 Å². The van der Waals surface area contributed by atoms with Crippen LogP contribution in [0.1, 0.15) is 71.7 Å². The molecule has 4 atom stereocenters. The summed E-state index contributed by atoms with van der Waals surface area (Å²) in [4.78, 5) is 40.3. The molecule has 288 valence electrons. The first-order valence-corrected chi connectivity index (χ1v) is 18.7. The van der Waals surface area contributed by atoms with Gasteiger partial charge in [-0.1, -0.05) is 103 Å². The van der Waals surface area contributed by atoms with E-state index in [0.29, 0.717) is 29.5 Å². The smallest absolute Gasteiger partial charge is 0.321 e. The molecular weight excluding hydrogens is 722 g/mol. The largest absolute Gasteiger partial charge is 0.460 e. The van der Waals surface area contributed by atoms with Crippen molar-refractivity contribution in [2.75, 3.05) is 4.90 Å². The minimum atomic E-state index is -1.25. The maximum atomic E-state index is 13.7. The van der Waals surface area contributed by atoms with Gasteiger partial charge in [0, 0.05) is 36.1 Å². The first-order chi connectivity index (χ1) is 27.7. The fourth-order valence-corrected chi connectivity index (χ4v) is 6.85. The number of carbonyl (C=O) groups excluding carboxylic acids is 3. The lowest BCUT2D eigenvalue weighted by Crippen LogP contribution is -2.58. The molecule has 5 aromatic rings. The summed E-state index contributed by atoms with van der Waals surface area (Å²) in [6, 6.07) is 38.9. The first-order valence-electron chi connectivity index (χ1n) is 18.7. The number of rotatable bonds is 14. The van der Waals surface area contributed by atoms with E-state index in [-0.39, 0.29) is 31.6 Å². The number of benzene rings is 5. The fourth-order valence-electron chi connectivity index (χ4n) is 6.85. The molecule has 1 N–H and O–H groups in total. The molecule has 1 unspecified atom stereocenters. The topological polar surface area (TPSA) is 102 Å². The number of esters is 3. The molecule has 1 saturated heterocycles. The zero-order valence-electron chi connectivity index (χ0n) is 31.4. The van der Waals surface area contributed by atoms with Gasteiger partial charge in [0.2, 0.25) is 0 Å². The van der Waals surface area contributed by atoms with Gasteiger partial charge in [0.25, 0.3) is 0 Å². The molecule has 8 nitrogen and oxygen atoms in total. The van der Waals surface area contributed by atoms with E-state index in [1.807, 2.05) is 114 Å². The molecule has 0 aliphatic carbocycles. The van der Waals surface area contributed by atoms with Gasteiger partial charge in [-0.05, 0) is 83.6 Å². The second-order valence-electron chi connectivity index (χ2n) is 13.7. The summed E-state index contributed by atoms with van der Waals surface area (Å²) >= 11 is 0. The van der Waals surface area contributed by atoms with Crippen LogP contribution >= 0.6 is 0 Å². The lowest BCUT2D eigenvalue weighted by atomic mass is 9.77. The zero-order valence-corrected chi connectivity index (χ0v) is 31.4. The van der Waals surface area contributed by atoms with E-state index in [4.69, 9.17) is 20.6 Å². The zero-order chi connectivity index (χ0) is 40.1. The molecule has 0 spiro atoms. The number of anilines is 1. The van der Waals surface area contributed by atoms with Crippen molar-refractivity contribution in [2.24, 2.45) is 11.8 Å². The van der Waals surface area contributed by atoms with Gasteiger partial charge in [0.15, 0.2) is 5.92 Å². The molecule has 0 bridgehead atoms. The molecular formula is C48H42FNO7. The highest BCUT2D eigenvalue weighted by Gasteiger charge is 2.48. The molecule has 0 amide bonds. The third-order valence-corrected chi connectivity index (χ3v) is 9.83. The monoisotopic (exact) mass is 763 g/mol. The van der Waals surface area contributed by atoms with Crippen molar-refractivity contribution in [2.45, 2.75) is 57.8 Å². The Labute approximate surface area is 332 Å². The van der Waals surface area contributed by atoms with Crippen molar-refractivity contribution in [3.8, 4) is 24.2 Å². The van der Waals surface area contributed by atoms with E-state index in [2.05, 4.69) is 17.8 Å². The predicted octanol–water partition coefficient (Wildman–Crippen LogP) is 8.23. The Bertz CT molecular complexity index is 2170. The van der Waals surface area contributed by atoms with Crippen molar-refractivity contribution in [1.29, 1.82) is 0 Å². The number of halogens is 1. The van der Waals surface area contributed by atoms with Crippen LogP contribution in [0.5, 0.6) is 0 Å². The second-order valence-corrected chi connectivity index (χ2v) is 13.7. The number of aliphatic hydroxyl groups is 1. The van der Waals surface area contributed by atoms with Crippen molar-refractivity contribution < 1.29 is 38.1 Å². The molecule has 0 radical (unpaired) electrons. The van der Waals surface area contributed by atoms with Gasteiger partial charge < -0.3 is 24.2 Å². The highest BCUT2D eigenvalue weighted by molar-refractivity contribution is 5.95. The minimum absolute atomic E-state index is 0.00953. The van der Waals surface area contributed by atoms with E-state index in [1.54, 1.807) is 12.1 Å². The summed E-state index contributed by atoms with van der Waals surface area (Å²) in [5.41, 5.74) is 5.30. The van der Waals surface area contributed by atoms with Gasteiger partial charge >= 0.3 is 17.9 Å². The van der Waals surface area contributed by atoms with E-state index in [1.165, 1.54) is 19.1 Å². The van der Waals surface area contributed by atoms with E-state index in [9.17, 15) is 23.9 Å². The standard InChI is InChI=1S/C48H42FNO7/c1-3-34-19-27-41(28-20-34)50-45(42(46(50)52)29-30-44(57-33(2)51)38-23-25-40(49)26-24-38)39-21-17-35(18-22-39)15-10-16-43(47(53)55-31-36-11-6-4-7-12-36)48(54)56-32-37-13-8-5-9-14-37/h1,4-9,11-14,17-28,42-46,52H,16,29-32H2,2H3/t42-,44+,45-,46?/m1/s1. The van der Waals surface area contributed by atoms with Crippen molar-refractivity contribution in [1.82, 2.24) is 0 Å². The normalized spacial score (nSPS) is 16.3. The van der Waals surface area contributed by atoms with Gasteiger partial charge in [-0.15, -0.1) is 6.42 Å². The number of hydrogen-bond donors (Lipinski definition) is 1. The lowest BCUT2D eigenvalue weighted by Gasteiger charge is -2.54. The Balaban J connectivity index is 1.18. The van der Waals surface area contributed by atoms with Gasteiger partial charge in [0.1, 0.15) is 31.4 Å². The van der Waals surface area contributed by atoms with Crippen LogP contribution in [0, 0.1) is 41.8 Å². The lowest BCUT2D eigenvalue weighted by molar-refractivity contribution is -0.163. The average molecular weight is 764 g/mol. The van der Waals surface area contributed by atoms with E-state index in [0.717, 1.165) is 22.4 Å². The maximum absolute atomic E-state index is 13.7. The van der Waals surface area contributed by atoms with Crippen LogP contribution in [-0.2, 0) is 41.8 Å². The SMILES string of the molecule is C#Cc1ccc(N2C(O)[C@H](CC[C@H](OC(C)=O)c3ccc(F)cc3)[C@H]2c2ccc(C#CCC(C(=O)OCc3ccccc3)C(=O)OCc3ccccc3)cc2)cc1. The number of hydrogen-bond acceptors (Lipinski definition) is 8. The Kier molecular flexibility index (Phi) is 13.5. The highest BCUT2D eigenvalue weighted by Crippen LogP contribution is 2.49. The molecule has 0 aromatic heterocycles. The Hall–Kier alpha value is -6.68. The number of nitrogens with zero attached hydrogens (tertiary/aromatic N) is 1. The van der Waals surface area contributed by atoms with Gasteiger partial charge in [0.05, 0.1) is 6.04 Å². The minimum Gasteiger partial charge on any atom is -0.460 e. The molecule has 9 heteroatoms. The maximum Gasteiger partial charge on any atom is 0.321 e.